The van der Waals surface area contributed by atoms with Gasteiger partial charge >= 0.3 is 5.97 Å². The molecule has 0 saturated carbocycles. The second-order valence-electron chi connectivity index (χ2n) is 9.29. The third-order valence-corrected chi connectivity index (χ3v) is 7.14. The molecule has 2 aromatic carbocycles. The molecular formula is C29H35N3O4. The van der Waals surface area contributed by atoms with Crippen LogP contribution in [-0.4, -0.2) is 71.8 Å². The highest BCUT2D eigenvalue weighted by atomic mass is 16.5. The summed E-state index contributed by atoms with van der Waals surface area (Å²) in [6.07, 6.45) is 0.190. The fourth-order valence-corrected chi connectivity index (χ4v) is 5.08. The average molecular weight is 490 g/mol. The van der Waals surface area contributed by atoms with Crippen LogP contribution in [0.2, 0.25) is 0 Å². The van der Waals surface area contributed by atoms with E-state index in [2.05, 4.69) is 11.8 Å². The number of likely N-dealkylation sites (N-methyl/N-ethyl adjacent to an activating group) is 1. The lowest BCUT2D eigenvalue weighted by atomic mass is 9.83. The number of carbonyl (C=O) groups excluding carboxylic acids is 3. The first kappa shape index (κ1) is 25.6. The monoisotopic (exact) mass is 489 g/mol. The first-order valence-corrected chi connectivity index (χ1v) is 12.8. The molecule has 2 heterocycles. The SMILES string of the molecule is CCOC(=O)C1=C(C)N(Cc2cccc(C(=O)N3CCN(CC)CC3)c2)C(=O)CC1c1ccccc1. The van der Waals surface area contributed by atoms with Crippen LogP contribution in [0.3, 0.4) is 0 Å². The van der Waals surface area contributed by atoms with E-state index in [1.165, 1.54) is 0 Å². The van der Waals surface area contributed by atoms with Gasteiger partial charge in [-0.25, -0.2) is 4.79 Å². The van der Waals surface area contributed by atoms with E-state index in [1.54, 1.807) is 11.8 Å². The van der Waals surface area contributed by atoms with Crippen molar-refractivity contribution in [3.8, 4) is 0 Å². The predicted molar refractivity (Wildman–Crippen MR) is 138 cm³/mol. The standard InChI is InChI=1S/C29H35N3O4/c1-4-30-14-16-31(17-15-30)28(34)24-13-9-10-22(18-24)20-32-21(3)27(29(35)36-5-2)25(19-26(32)33)23-11-7-6-8-12-23/h6-13,18,25H,4-5,14-17,19-20H2,1-3H3. The number of carbonyl (C=O) groups is 3. The number of amides is 2. The molecule has 0 spiro atoms. The second kappa shape index (κ2) is 11.5. The van der Waals surface area contributed by atoms with Gasteiger partial charge in [0.2, 0.25) is 5.91 Å². The van der Waals surface area contributed by atoms with Crippen molar-refractivity contribution < 1.29 is 19.1 Å². The number of piperazine rings is 1. The van der Waals surface area contributed by atoms with E-state index >= 15 is 0 Å². The molecule has 7 heteroatoms. The minimum Gasteiger partial charge on any atom is -0.463 e. The van der Waals surface area contributed by atoms with Gasteiger partial charge in [0.15, 0.2) is 0 Å². The van der Waals surface area contributed by atoms with Crippen molar-refractivity contribution in [1.29, 1.82) is 0 Å². The number of nitrogens with zero attached hydrogens (tertiary/aromatic N) is 3. The molecule has 0 aromatic heterocycles. The molecule has 0 radical (unpaired) electrons. The molecule has 0 N–H and O–H groups in total. The number of hydrogen-bond acceptors (Lipinski definition) is 5. The second-order valence-corrected chi connectivity index (χ2v) is 9.29. The molecule has 2 amide bonds. The largest absolute Gasteiger partial charge is 0.463 e. The minimum absolute atomic E-state index is 0.0150. The molecule has 2 aromatic rings. The summed E-state index contributed by atoms with van der Waals surface area (Å²) in [6.45, 7) is 10.5. The Bertz CT molecular complexity index is 1140. The molecule has 2 aliphatic heterocycles. The van der Waals surface area contributed by atoms with Gasteiger partial charge in [0.25, 0.3) is 5.91 Å². The zero-order valence-corrected chi connectivity index (χ0v) is 21.4. The summed E-state index contributed by atoms with van der Waals surface area (Å²) < 4.78 is 5.38. The predicted octanol–water partition coefficient (Wildman–Crippen LogP) is 3.82. The van der Waals surface area contributed by atoms with E-state index in [-0.39, 0.29) is 30.8 Å². The van der Waals surface area contributed by atoms with Gasteiger partial charge in [0, 0.05) is 49.8 Å². The van der Waals surface area contributed by atoms with Gasteiger partial charge in [-0.2, -0.15) is 0 Å². The van der Waals surface area contributed by atoms with Crippen LogP contribution in [0.1, 0.15) is 54.6 Å². The van der Waals surface area contributed by atoms with Crippen LogP contribution in [0.25, 0.3) is 0 Å². The van der Waals surface area contributed by atoms with E-state index in [0.717, 1.165) is 30.8 Å². The van der Waals surface area contributed by atoms with Gasteiger partial charge in [0.1, 0.15) is 0 Å². The van der Waals surface area contributed by atoms with E-state index in [4.69, 9.17) is 4.74 Å². The Morgan fingerprint density at radius 2 is 1.69 bits per heavy atom. The van der Waals surface area contributed by atoms with Crippen LogP contribution in [0, 0.1) is 0 Å². The number of hydrogen-bond donors (Lipinski definition) is 0. The molecule has 1 fully saturated rings. The lowest BCUT2D eigenvalue weighted by Gasteiger charge is -2.35. The third-order valence-electron chi connectivity index (χ3n) is 7.14. The van der Waals surface area contributed by atoms with Crippen molar-refractivity contribution in [2.24, 2.45) is 0 Å². The maximum atomic E-state index is 13.3. The Labute approximate surface area is 213 Å². The van der Waals surface area contributed by atoms with Crippen molar-refractivity contribution in [3.05, 3.63) is 82.6 Å². The van der Waals surface area contributed by atoms with Gasteiger partial charge in [-0.3, -0.25) is 9.59 Å². The average Bonchev–Trinajstić information content (AvgIpc) is 2.91. The first-order chi connectivity index (χ1) is 17.4. The van der Waals surface area contributed by atoms with Crippen molar-refractivity contribution in [1.82, 2.24) is 14.7 Å². The number of rotatable bonds is 7. The van der Waals surface area contributed by atoms with Crippen LogP contribution in [0.15, 0.2) is 65.9 Å². The summed E-state index contributed by atoms with van der Waals surface area (Å²) >= 11 is 0. The Hall–Kier alpha value is -3.45. The smallest absolute Gasteiger partial charge is 0.336 e. The lowest BCUT2D eigenvalue weighted by molar-refractivity contribution is -0.140. The summed E-state index contributed by atoms with van der Waals surface area (Å²) in [5.74, 6) is -0.775. The Balaban J connectivity index is 1.58. The molecule has 1 atom stereocenters. The molecule has 0 bridgehead atoms. The van der Waals surface area contributed by atoms with Crippen LogP contribution in [-0.2, 0) is 20.9 Å². The van der Waals surface area contributed by atoms with Crippen LogP contribution >= 0.6 is 0 Å². The molecule has 2 aliphatic rings. The van der Waals surface area contributed by atoms with E-state index in [9.17, 15) is 14.4 Å². The highest BCUT2D eigenvalue weighted by Gasteiger charge is 2.37. The topological polar surface area (TPSA) is 70.2 Å². The van der Waals surface area contributed by atoms with Gasteiger partial charge < -0.3 is 19.4 Å². The van der Waals surface area contributed by atoms with Crippen LogP contribution in [0.4, 0.5) is 0 Å². The Morgan fingerprint density at radius 1 is 0.972 bits per heavy atom. The molecule has 36 heavy (non-hydrogen) atoms. The number of ether oxygens (including phenoxy) is 1. The summed E-state index contributed by atoms with van der Waals surface area (Å²) in [5, 5.41) is 0. The fourth-order valence-electron chi connectivity index (χ4n) is 5.08. The fraction of sp³-hybridized carbons (Fsp3) is 0.414. The quantitative estimate of drug-likeness (QED) is 0.553. The highest BCUT2D eigenvalue weighted by molar-refractivity contribution is 5.96. The van der Waals surface area contributed by atoms with Gasteiger partial charge in [0.05, 0.1) is 18.7 Å². The van der Waals surface area contributed by atoms with Crippen LogP contribution in [0.5, 0.6) is 0 Å². The van der Waals surface area contributed by atoms with Gasteiger partial charge in [-0.15, -0.1) is 0 Å². The first-order valence-electron chi connectivity index (χ1n) is 12.8. The molecule has 1 unspecified atom stereocenters. The van der Waals surface area contributed by atoms with Crippen molar-refractivity contribution in [2.45, 2.75) is 39.7 Å². The number of benzene rings is 2. The maximum Gasteiger partial charge on any atom is 0.336 e. The van der Waals surface area contributed by atoms with Crippen molar-refractivity contribution in [3.63, 3.8) is 0 Å². The molecule has 7 nitrogen and oxygen atoms in total. The number of esters is 1. The van der Waals surface area contributed by atoms with Gasteiger partial charge in [-0.1, -0.05) is 49.4 Å². The molecule has 1 saturated heterocycles. The summed E-state index contributed by atoms with van der Waals surface area (Å²) in [7, 11) is 0. The zero-order chi connectivity index (χ0) is 25.7. The summed E-state index contributed by atoms with van der Waals surface area (Å²) in [5.41, 5.74) is 3.51. The Morgan fingerprint density at radius 3 is 2.36 bits per heavy atom. The highest BCUT2D eigenvalue weighted by Crippen LogP contribution is 2.37. The minimum atomic E-state index is -0.392. The molecule has 0 aliphatic carbocycles. The normalized spacial score (nSPS) is 19.0. The van der Waals surface area contributed by atoms with Gasteiger partial charge in [-0.05, 0) is 43.7 Å². The van der Waals surface area contributed by atoms with Crippen LogP contribution < -0.4 is 0 Å². The maximum absolute atomic E-state index is 13.3. The summed E-state index contributed by atoms with van der Waals surface area (Å²) in [6, 6.07) is 17.1. The van der Waals surface area contributed by atoms with Crippen molar-refractivity contribution in [2.75, 3.05) is 39.3 Å². The zero-order valence-electron chi connectivity index (χ0n) is 21.4. The van der Waals surface area contributed by atoms with Crippen molar-refractivity contribution >= 4 is 17.8 Å². The number of allylic oxidation sites excluding steroid dienone is 1. The molecule has 190 valence electrons. The third kappa shape index (κ3) is 5.51. The lowest BCUT2D eigenvalue weighted by Crippen LogP contribution is -2.48. The summed E-state index contributed by atoms with van der Waals surface area (Å²) in [4.78, 5) is 45.3. The van der Waals surface area contributed by atoms with E-state index in [0.29, 0.717) is 36.5 Å². The molecular weight excluding hydrogens is 454 g/mol. The van der Waals surface area contributed by atoms with E-state index in [1.807, 2.05) is 66.4 Å². The van der Waals surface area contributed by atoms with E-state index < -0.39 is 5.97 Å². The Kier molecular flexibility index (Phi) is 8.21. The molecule has 4 rings (SSSR count).